The van der Waals surface area contributed by atoms with Crippen molar-refractivity contribution in [2.24, 2.45) is 5.92 Å². The summed E-state index contributed by atoms with van der Waals surface area (Å²) in [5.41, 5.74) is 0.304. The number of amides is 2. The number of halogens is 2. The van der Waals surface area contributed by atoms with Gasteiger partial charge in [0, 0.05) is 12.1 Å². The number of nitrogens with one attached hydrogen (secondary N) is 1. The van der Waals surface area contributed by atoms with E-state index in [1.807, 2.05) is 0 Å². The number of anilines is 1. The van der Waals surface area contributed by atoms with E-state index in [4.69, 9.17) is 4.74 Å². The number of carbonyl (C=O) groups excluding carboxylic acids is 2. The molecule has 1 heterocycles. The monoisotopic (exact) mass is 414 g/mol. The Morgan fingerprint density at radius 3 is 2.63 bits per heavy atom. The average molecular weight is 414 g/mol. The highest BCUT2D eigenvalue weighted by Crippen LogP contribution is 2.41. The highest BCUT2D eigenvalue weighted by Gasteiger charge is 2.48. The second-order valence-electron chi connectivity index (χ2n) is 7.89. The Labute approximate surface area is 174 Å². The van der Waals surface area contributed by atoms with Crippen LogP contribution >= 0.6 is 0 Å². The zero-order valence-electron chi connectivity index (χ0n) is 16.7. The van der Waals surface area contributed by atoms with Crippen molar-refractivity contribution in [1.82, 2.24) is 4.90 Å². The Morgan fingerprint density at radius 2 is 1.87 bits per heavy atom. The summed E-state index contributed by atoms with van der Waals surface area (Å²) in [7, 11) is 1.50. The van der Waals surface area contributed by atoms with E-state index < -0.39 is 23.6 Å². The number of likely N-dealkylation sites (tertiary alicyclic amines) is 1. The van der Waals surface area contributed by atoms with Crippen LogP contribution in [0.1, 0.15) is 42.5 Å². The van der Waals surface area contributed by atoms with Gasteiger partial charge in [-0.3, -0.25) is 9.59 Å². The van der Waals surface area contributed by atoms with E-state index in [1.54, 1.807) is 29.2 Å². The summed E-state index contributed by atoms with van der Waals surface area (Å²) in [5, 5.41) is 2.55. The van der Waals surface area contributed by atoms with E-state index in [2.05, 4.69) is 5.32 Å². The Bertz CT molecular complexity index is 965. The molecule has 0 spiro atoms. The van der Waals surface area contributed by atoms with Crippen molar-refractivity contribution in [3.05, 3.63) is 59.7 Å². The first-order chi connectivity index (χ1) is 14.5. The van der Waals surface area contributed by atoms with E-state index in [0.29, 0.717) is 17.7 Å². The van der Waals surface area contributed by atoms with Crippen molar-refractivity contribution in [3.8, 4) is 5.75 Å². The minimum absolute atomic E-state index is 0.0371. The van der Waals surface area contributed by atoms with Crippen molar-refractivity contribution < 1.29 is 23.1 Å². The van der Waals surface area contributed by atoms with Gasteiger partial charge >= 0.3 is 0 Å². The number of ether oxygens (including phenoxy) is 1. The van der Waals surface area contributed by atoms with Crippen molar-refractivity contribution >= 4 is 17.5 Å². The van der Waals surface area contributed by atoms with Gasteiger partial charge in [-0.05, 0) is 49.4 Å². The lowest BCUT2D eigenvalue weighted by molar-refractivity contribution is -0.120. The smallest absolute Gasteiger partial charge is 0.258 e. The number of carbonyl (C=O) groups is 2. The normalized spacial score (nSPS) is 23.0. The van der Waals surface area contributed by atoms with Crippen molar-refractivity contribution in [2.75, 3.05) is 12.4 Å². The zero-order chi connectivity index (χ0) is 21.3. The van der Waals surface area contributed by atoms with Gasteiger partial charge in [0.15, 0.2) is 0 Å². The lowest BCUT2D eigenvalue weighted by Gasteiger charge is -2.34. The summed E-state index contributed by atoms with van der Waals surface area (Å²) in [4.78, 5) is 28.3. The number of fused-ring (bicyclic) bond motifs is 1. The van der Waals surface area contributed by atoms with Gasteiger partial charge in [0.05, 0.1) is 18.4 Å². The van der Waals surface area contributed by atoms with Gasteiger partial charge in [-0.2, -0.15) is 0 Å². The van der Waals surface area contributed by atoms with Gasteiger partial charge < -0.3 is 15.0 Å². The first kappa shape index (κ1) is 20.3. The molecule has 0 aromatic heterocycles. The maximum absolute atomic E-state index is 14.1. The molecule has 158 valence electrons. The van der Waals surface area contributed by atoms with Gasteiger partial charge in [-0.15, -0.1) is 0 Å². The predicted molar refractivity (Wildman–Crippen MR) is 108 cm³/mol. The molecule has 2 aromatic carbocycles. The van der Waals surface area contributed by atoms with Crippen LogP contribution in [-0.2, 0) is 4.79 Å². The second kappa shape index (κ2) is 8.42. The molecule has 3 atom stereocenters. The van der Waals surface area contributed by atoms with Crippen molar-refractivity contribution in [2.45, 2.75) is 44.2 Å². The first-order valence-electron chi connectivity index (χ1n) is 10.2. The van der Waals surface area contributed by atoms with Crippen LogP contribution in [0, 0.1) is 17.6 Å². The van der Waals surface area contributed by atoms with Crippen molar-refractivity contribution in [3.63, 3.8) is 0 Å². The highest BCUT2D eigenvalue weighted by atomic mass is 19.1. The van der Waals surface area contributed by atoms with Crippen LogP contribution in [0.2, 0.25) is 0 Å². The standard InChI is InChI=1S/C23H24F2N2O3/c1-30-21-9-5-3-7-16(21)23(29)27-19-8-4-2-6-14(19)12-20(27)22(28)26-18-11-10-15(24)13-17(18)25/h3,5,7,9-11,13-14,19-20H,2,4,6,8,12H2,1H3,(H,26,28)/t14-,19-,20+/m1/s1. The summed E-state index contributed by atoms with van der Waals surface area (Å²) in [6.07, 6.45) is 4.38. The molecule has 30 heavy (non-hydrogen) atoms. The summed E-state index contributed by atoms with van der Waals surface area (Å²) in [6, 6.07) is 9.18. The van der Waals surface area contributed by atoms with Crippen LogP contribution in [0.5, 0.6) is 5.75 Å². The van der Waals surface area contributed by atoms with Gasteiger partial charge in [-0.1, -0.05) is 25.0 Å². The van der Waals surface area contributed by atoms with E-state index in [0.717, 1.165) is 37.8 Å². The van der Waals surface area contributed by atoms with E-state index in [9.17, 15) is 18.4 Å². The molecule has 1 saturated heterocycles. The topological polar surface area (TPSA) is 58.6 Å². The Balaban J connectivity index is 1.64. The third-order valence-corrected chi connectivity index (χ3v) is 6.15. The predicted octanol–water partition coefficient (Wildman–Crippen LogP) is 4.39. The fourth-order valence-corrected chi connectivity index (χ4v) is 4.75. The molecule has 2 aromatic rings. The molecule has 2 amide bonds. The summed E-state index contributed by atoms with van der Waals surface area (Å²) >= 11 is 0. The molecule has 2 aliphatic rings. The number of hydrogen-bond acceptors (Lipinski definition) is 3. The molecule has 1 aliphatic heterocycles. The van der Waals surface area contributed by atoms with Crippen LogP contribution in [0.3, 0.4) is 0 Å². The van der Waals surface area contributed by atoms with Crippen LogP contribution in [0.25, 0.3) is 0 Å². The van der Waals surface area contributed by atoms with Gasteiger partial charge in [0.1, 0.15) is 23.4 Å². The third kappa shape index (κ3) is 3.76. The largest absolute Gasteiger partial charge is 0.496 e. The molecule has 5 nitrogen and oxygen atoms in total. The molecule has 0 unspecified atom stereocenters. The van der Waals surface area contributed by atoms with Crippen LogP contribution < -0.4 is 10.1 Å². The molecule has 0 bridgehead atoms. The minimum Gasteiger partial charge on any atom is -0.496 e. The molecular weight excluding hydrogens is 390 g/mol. The van der Waals surface area contributed by atoms with Crippen molar-refractivity contribution in [1.29, 1.82) is 0 Å². The average Bonchev–Trinajstić information content (AvgIpc) is 3.15. The SMILES string of the molecule is COc1ccccc1C(=O)N1[C@@H]2CCCC[C@@H]2C[C@H]1C(=O)Nc1ccc(F)cc1F. The van der Waals surface area contributed by atoms with Gasteiger partial charge in [0.2, 0.25) is 5.91 Å². The van der Waals surface area contributed by atoms with Crippen LogP contribution in [-0.4, -0.2) is 35.9 Å². The fourth-order valence-electron chi connectivity index (χ4n) is 4.75. The molecule has 1 saturated carbocycles. The number of nitrogens with zero attached hydrogens (tertiary/aromatic N) is 1. The third-order valence-electron chi connectivity index (χ3n) is 6.15. The second-order valence-corrected chi connectivity index (χ2v) is 7.89. The van der Waals surface area contributed by atoms with Crippen LogP contribution in [0.4, 0.5) is 14.5 Å². The number of rotatable bonds is 4. The molecule has 7 heteroatoms. The van der Waals surface area contributed by atoms with E-state index >= 15 is 0 Å². The minimum atomic E-state index is -0.846. The lowest BCUT2D eigenvalue weighted by Crippen LogP contribution is -2.48. The summed E-state index contributed by atoms with van der Waals surface area (Å²) in [6.45, 7) is 0. The molecule has 1 aliphatic carbocycles. The van der Waals surface area contributed by atoms with Gasteiger partial charge in [0.25, 0.3) is 5.91 Å². The Kier molecular flexibility index (Phi) is 5.70. The highest BCUT2D eigenvalue weighted by molar-refractivity contribution is 6.03. The first-order valence-corrected chi connectivity index (χ1v) is 10.2. The maximum Gasteiger partial charge on any atom is 0.258 e. The molecule has 4 rings (SSSR count). The summed E-state index contributed by atoms with van der Waals surface area (Å²) < 4.78 is 32.6. The number of benzene rings is 2. The number of para-hydroxylation sites is 1. The zero-order valence-corrected chi connectivity index (χ0v) is 16.7. The molecular formula is C23H24F2N2O3. The van der Waals surface area contributed by atoms with Gasteiger partial charge in [-0.25, -0.2) is 8.78 Å². The molecule has 2 fully saturated rings. The molecule has 0 radical (unpaired) electrons. The van der Waals surface area contributed by atoms with E-state index in [1.165, 1.54) is 13.2 Å². The lowest BCUT2D eigenvalue weighted by atomic mass is 9.84. The number of methoxy groups -OCH3 is 1. The van der Waals surface area contributed by atoms with Crippen LogP contribution in [0.15, 0.2) is 42.5 Å². The number of hydrogen-bond donors (Lipinski definition) is 1. The van der Waals surface area contributed by atoms with E-state index in [-0.39, 0.29) is 23.6 Å². The maximum atomic E-state index is 14.1. The summed E-state index contributed by atoms with van der Waals surface area (Å²) in [5.74, 6) is -1.61. The Morgan fingerprint density at radius 1 is 1.10 bits per heavy atom. The molecule has 1 N–H and O–H groups in total. The Hall–Kier alpha value is -2.96. The fraction of sp³-hybridized carbons (Fsp3) is 0.391. The quantitative estimate of drug-likeness (QED) is 0.808.